The summed E-state index contributed by atoms with van der Waals surface area (Å²) in [6, 6.07) is 0.909. The number of nitrogens with zero attached hydrogens (tertiary/aromatic N) is 2. The van der Waals surface area contributed by atoms with E-state index in [1.807, 2.05) is 0 Å². The Kier molecular flexibility index (Phi) is 1.83. The zero-order valence-electron chi connectivity index (χ0n) is 8.31. The molecule has 4 nitrogen and oxygen atoms in total. The topological polar surface area (TPSA) is 51.0 Å². The zero-order chi connectivity index (χ0) is 9.54. The summed E-state index contributed by atoms with van der Waals surface area (Å²) in [6.07, 6.45) is 5.54. The van der Waals surface area contributed by atoms with Gasteiger partial charge in [-0.15, -0.1) is 0 Å². The molecule has 2 saturated carbocycles. The maximum atomic E-state index is 4.74. The zero-order valence-corrected chi connectivity index (χ0v) is 8.31. The summed E-state index contributed by atoms with van der Waals surface area (Å²) in [5.41, 5.74) is 0. The summed E-state index contributed by atoms with van der Waals surface area (Å²) in [5.74, 6) is 2.73. The highest BCUT2D eigenvalue weighted by molar-refractivity contribution is 5.03. The molecule has 0 bridgehead atoms. The van der Waals surface area contributed by atoms with E-state index >= 15 is 0 Å². The summed E-state index contributed by atoms with van der Waals surface area (Å²) in [7, 11) is 0. The van der Waals surface area contributed by atoms with E-state index in [-0.39, 0.29) is 6.04 Å². The molecule has 2 aliphatic rings. The first-order chi connectivity index (χ1) is 6.84. The predicted octanol–water partition coefficient (Wildman–Crippen LogP) is 1.52. The average Bonchev–Trinajstić information content (AvgIpc) is 2.66. The van der Waals surface area contributed by atoms with Crippen molar-refractivity contribution in [1.82, 2.24) is 15.5 Å². The third-order valence-corrected chi connectivity index (χ3v) is 3.57. The van der Waals surface area contributed by atoms with Crippen molar-refractivity contribution in [2.45, 2.75) is 38.3 Å². The third-order valence-electron chi connectivity index (χ3n) is 3.57. The van der Waals surface area contributed by atoms with E-state index in [9.17, 15) is 0 Å². The van der Waals surface area contributed by atoms with Gasteiger partial charge in [-0.1, -0.05) is 5.16 Å². The lowest BCUT2D eigenvalue weighted by molar-refractivity contribution is 0.377. The quantitative estimate of drug-likeness (QED) is 0.790. The van der Waals surface area contributed by atoms with Gasteiger partial charge in [-0.2, -0.15) is 4.98 Å². The van der Waals surface area contributed by atoms with E-state index in [2.05, 4.69) is 22.4 Å². The van der Waals surface area contributed by atoms with Gasteiger partial charge in [0.1, 0.15) is 0 Å². The molecule has 1 aromatic rings. The van der Waals surface area contributed by atoms with Crippen molar-refractivity contribution in [1.29, 1.82) is 0 Å². The lowest BCUT2D eigenvalue weighted by Gasteiger charge is -2.17. The lowest BCUT2D eigenvalue weighted by atomic mass is 10.1. The van der Waals surface area contributed by atoms with E-state index in [0.717, 1.165) is 17.7 Å². The van der Waals surface area contributed by atoms with Gasteiger partial charge in [0.25, 0.3) is 0 Å². The Morgan fingerprint density at radius 2 is 2.50 bits per heavy atom. The smallest absolute Gasteiger partial charge is 0.213 e. The molecule has 0 aromatic carbocycles. The second-order valence-electron chi connectivity index (χ2n) is 4.52. The van der Waals surface area contributed by atoms with Crippen molar-refractivity contribution in [2.75, 3.05) is 0 Å². The second kappa shape index (κ2) is 3.05. The van der Waals surface area contributed by atoms with Crippen LogP contribution in [0, 0.1) is 11.8 Å². The van der Waals surface area contributed by atoms with Crippen LogP contribution in [0.1, 0.15) is 38.1 Å². The van der Waals surface area contributed by atoms with Crippen molar-refractivity contribution in [3.63, 3.8) is 0 Å². The predicted molar refractivity (Wildman–Crippen MR) is 50.5 cm³/mol. The molecule has 2 unspecified atom stereocenters. The van der Waals surface area contributed by atoms with Gasteiger partial charge in [-0.05, 0) is 38.0 Å². The molecule has 1 heterocycles. The number of aromatic nitrogens is 2. The Morgan fingerprint density at radius 1 is 1.57 bits per heavy atom. The highest BCUT2D eigenvalue weighted by Gasteiger charge is 2.48. The van der Waals surface area contributed by atoms with Crippen LogP contribution in [-0.2, 0) is 0 Å². The lowest BCUT2D eigenvalue weighted by Crippen LogP contribution is -2.32. The highest BCUT2D eigenvalue weighted by atomic mass is 16.5. The van der Waals surface area contributed by atoms with E-state index < -0.39 is 0 Å². The van der Waals surface area contributed by atoms with Gasteiger partial charge in [0.15, 0.2) is 5.82 Å². The van der Waals surface area contributed by atoms with Crippen LogP contribution < -0.4 is 5.32 Å². The minimum atomic E-state index is 0.220. The second-order valence-corrected chi connectivity index (χ2v) is 4.52. The monoisotopic (exact) mass is 193 g/mol. The first kappa shape index (κ1) is 8.41. The molecule has 1 N–H and O–H groups in total. The fraction of sp³-hybridized carbons (Fsp3) is 0.800. The SMILES string of the molecule is CC(NC1CC[C@@H]2C[C@H]12)c1ncon1. The van der Waals surface area contributed by atoms with E-state index in [0.29, 0.717) is 6.04 Å². The van der Waals surface area contributed by atoms with Gasteiger partial charge >= 0.3 is 0 Å². The Balaban J connectivity index is 1.61. The van der Waals surface area contributed by atoms with Crippen molar-refractivity contribution < 1.29 is 4.52 Å². The summed E-state index contributed by atoms with van der Waals surface area (Å²) in [4.78, 5) is 4.06. The molecule has 0 amide bonds. The maximum Gasteiger partial charge on any atom is 0.213 e. The maximum absolute atomic E-state index is 4.74. The van der Waals surface area contributed by atoms with Crippen LogP contribution in [0.5, 0.6) is 0 Å². The molecule has 1 aromatic heterocycles. The molecule has 76 valence electrons. The summed E-state index contributed by atoms with van der Waals surface area (Å²) in [5, 5.41) is 7.44. The molecule has 2 aliphatic carbocycles. The van der Waals surface area contributed by atoms with Gasteiger partial charge in [-0.3, -0.25) is 0 Å². The van der Waals surface area contributed by atoms with Crippen molar-refractivity contribution >= 4 is 0 Å². The van der Waals surface area contributed by atoms with Gasteiger partial charge in [-0.25, -0.2) is 0 Å². The van der Waals surface area contributed by atoms with Crippen LogP contribution >= 0.6 is 0 Å². The minimum Gasteiger partial charge on any atom is -0.343 e. The van der Waals surface area contributed by atoms with Crippen LogP contribution in [0.3, 0.4) is 0 Å². The summed E-state index contributed by atoms with van der Waals surface area (Å²) < 4.78 is 4.74. The highest BCUT2D eigenvalue weighted by Crippen LogP contribution is 2.52. The van der Waals surface area contributed by atoms with Crippen LogP contribution in [0.15, 0.2) is 10.9 Å². The normalized spacial score (nSPS) is 36.8. The molecule has 0 saturated heterocycles. The number of fused-ring (bicyclic) bond motifs is 1. The number of hydrogen-bond donors (Lipinski definition) is 1. The van der Waals surface area contributed by atoms with Crippen LogP contribution in [0.2, 0.25) is 0 Å². The Morgan fingerprint density at radius 3 is 3.07 bits per heavy atom. The molecule has 4 heteroatoms. The van der Waals surface area contributed by atoms with Crippen LogP contribution in [-0.4, -0.2) is 16.2 Å². The molecule has 14 heavy (non-hydrogen) atoms. The molecular formula is C10H15N3O. The fourth-order valence-corrected chi connectivity index (χ4v) is 2.68. The molecule has 0 spiro atoms. The molecular weight excluding hydrogens is 178 g/mol. The Hall–Kier alpha value is -0.900. The molecule has 4 atom stereocenters. The molecule has 2 fully saturated rings. The van der Waals surface area contributed by atoms with Gasteiger partial charge in [0.2, 0.25) is 6.39 Å². The number of nitrogens with one attached hydrogen (secondary N) is 1. The average molecular weight is 193 g/mol. The van der Waals surface area contributed by atoms with Crippen LogP contribution in [0.4, 0.5) is 0 Å². The van der Waals surface area contributed by atoms with E-state index in [4.69, 9.17) is 4.52 Å². The van der Waals surface area contributed by atoms with Gasteiger partial charge in [0.05, 0.1) is 6.04 Å². The van der Waals surface area contributed by atoms with E-state index in [1.165, 1.54) is 25.7 Å². The Bertz CT molecular complexity index is 311. The number of rotatable bonds is 3. The standard InChI is InChI=1S/C10H15N3O/c1-6(10-11-5-14-13-10)12-9-3-2-7-4-8(7)9/h5-9,12H,2-4H2,1H3/t6?,7-,8+,9?/m1/s1. The van der Waals surface area contributed by atoms with E-state index in [1.54, 1.807) is 0 Å². The third kappa shape index (κ3) is 1.34. The van der Waals surface area contributed by atoms with Crippen molar-refractivity contribution in [3.8, 4) is 0 Å². The summed E-state index contributed by atoms with van der Waals surface area (Å²) >= 11 is 0. The summed E-state index contributed by atoms with van der Waals surface area (Å²) in [6.45, 7) is 2.10. The largest absolute Gasteiger partial charge is 0.343 e. The first-order valence-corrected chi connectivity index (χ1v) is 5.37. The van der Waals surface area contributed by atoms with Crippen LogP contribution in [0.25, 0.3) is 0 Å². The molecule has 0 aliphatic heterocycles. The Labute approximate surface area is 83.1 Å². The first-order valence-electron chi connectivity index (χ1n) is 5.37. The van der Waals surface area contributed by atoms with Gasteiger partial charge < -0.3 is 9.84 Å². The molecule has 3 rings (SSSR count). The fourth-order valence-electron chi connectivity index (χ4n) is 2.68. The molecule has 0 radical (unpaired) electrons. The number of hydrogen-bond acceptors (Lipinski definition) is 4. The van der Waals surface area contributed by atoms with Gasteiger partial charge in [0, 0.05) is 6.04 Å². The minimum absolute atomic E-state index is 0.220. The van der Waals surface area contributed by atoms with Crippen molar-refractivity contribution in [3.05, 3.63) is 12.2 Å². The van der Waals surface area contributed by atoms with Crippen molar-refractivity contribution in [2.24, 2.45) is 11.8 Å².